The summed E-state index contributed by atoms with van der Waals surface area (Å²) < 4.78 is 0. The van der Waals surface area contributed by atoms with Crippen molar-refractivity contribution in [1.29, 1.82) is 0 Å². The van der Waals surface area contributed by atoms with E-state index >= 15 is 0 Å². The van der Waals surface area contributed by atoms with Gasteiger partial charge in [-0.25, -0.2) is 0 Å². The molecule has 1 atom stereocenters. The van der Waals surface area contributed by atoms with Gasteiger partial charge in [0.05, 0.1) is 5.56 Å². The van der Waals surface area contributed by atoms with E-state index in [2.05, 4.69) is 26.6 Å². The normalized spacial score (nSPS) is 11.5. The van der Waals surface area contributed by atoms with Crippen molar-refractivity contribution in [2.24, 2.45) is 5.73 Å². The van der Waals surface area contributed by atoms with Crippen LogP contribution in [0.3, 0.4) is 0 Å². The number of primary amides is 1. The minimum Gasteiger partial charge on any atom is -0.368 e. The summed E-state index contributed by atoms with van der Waals surface area (Å²) in [7, 11) is 0. The third-order valence-corrected chi connectivity index (χ3v) is 3.77. The quantitative estimate of drug-likeness (QED) is 0.519. The summed E-state index contributed by atoms with van der Waals surface area (Å²) in [5, 5.41) is 5.56. The molecule has 0 aliphatic carbocycles. The van der Waals surface area contributed by atoms with Crippen LogP contribution in [0.4, 0.5) is 4.79 Å². The largest absolute Gasteiger partial charge is 0.368 e. The highest BCUT2D eigenvalue weighted by molar-refractivity contribution is 9.09. The molecule has 0 heterocycles. The molecule has 0 spiro atoms. The number of nitrogens with two attached hydrogens (primary N) is 1. The molecule has 1 rings (SSSR count). The average Bonchev–Trinajstić information content (AvgIpc) is 2.45. The maximum absolute atomic E-state index is 12.1. The summed E-state index contributed by atoms with van der Waals surface area (Å²) in [5.74, 6) is -1.07. The maximum atomic E-state index is 12.1. The van der Waals surface area contributed by atoms with Crippen LogP contribution in [0.25, 0.3) is 0 Å². The highest BCUT2D eigenvalue weighted by Crippen LogP contribution is 2.23. The van der Waals surface area contributed by atoms with Crippen LogP contribution in [0, 0.1) is 0 Å². The van der Waals surface area contributed by atoms with Gasteiger partial charge >= 0.3 is 0 Å². The lowest BCUT2D eigenvalue weighted by atomic mass is 10.2. The summed E-state index contributed by atoms with van der Waals surface area (Å²) >= 11 is 4.14. The molecule has 0 aliphatic heterocycles. The van der Waals surface area contributed by atoms with Crippen LogP contribution >= 0.6 is 27.7 Å². The van der Waals surface area contributed by atoms with Crippen LogP contribution in [0.5, 0.6) is 0 Å². The predicted octanol–water partition coefficient (Wildman–Crippen LogP) is 1.49. The maximum Gasteiger partial charge on any atom is 0.283 e. The average molecular weight is 374 g/mol. The molecule has 114 valence electrons. The Morgan fingerprint density at radius 1 is 1.33 bits per heavy atom. The molecule has 0 unspecified atom stereocenters. The molecule has 0 saturated heterocycles. The molecule has 8 heteroatoms. The van der Waals surface area contributed by atoms with Gasteiger partial charge in [-0.3, -0.25) is 14.4 Å². The molecular weight excluding hydrogens is 358 g/mol. The molecule has 4 N–H and O–H groups in total. The van der Waals surface area contributed by atoms with Crippen LogP contribution in [0.2, 0.25) is 0 Å². The molecule has 0 bridgehead atoms. The zero-order chi connectivity index (χ0) is 15.8. The van der Waals surface area contributed by atoms with E-state index in [4.69, 9.17) is 5.73 Å². The monoisotopic (exact) mass is 373 g/mol. The molecule has 0 fully saturated rings. The summed E-state index contributed by atoms with van der Waals surface area (Å²) in [6.45, 7) is 2.00. The smallest absolute Gasteiger partial charge is 0.283 e. The summed E-state index contributed by atoms with van der Waals surface area (Å²) in [6.07, 6.45) is 0. The number of nitrogens with one attached hydrogen (secondary N) is 2. The van der Waals surface area contributed by atoms with Crippen molar-refractivity contribution in [3.05, 3.63) is 29.8 Å². The summed E-state index contributed by atoms with van der Waals surface area (Å²) in [6, 6.07) is 5.89. The lowest BCUT2D eigenvalue weighted by molar-refractivity contribution is -0.119. The molecule has 3 amide bonds. The highest BCUT2D eigenvalue weighted by atomic mass is 79.9. The molecule has 6 nitrogen and oxygen atoms in total. The first-order valence-corrected chi connectivity index (χ1v) is 8.10. The Labute approximate surface area is 135 Å². The highest BCUT2D eigenvalue weighted by Gasteiger charge is 2.18. The number of amides is 3. The standard InChI is InChI=1S/C13H16BrN3O3S/c1-8(11(15)18)17-12(19)9-4-2-3-5-10(9)21-13(20)16-7-6-14/h2-5,8H,6-7H2,1H3,(H2,15,18)(H,16,20)(H,17,19)/t8-/m1/s1. The number of hydrogen-bond donors (Lipinski definition) is 3. The van der Waals surface area contributed by atoms with E-state index in [9.17, 15) is 14.4 Å². The number of alkyl halides is 1. The zero-order valence-corrected chi connectivity index (χ0v) is 13.8. The number of hydrogen-bond acceptors (Lipinski definition) is 4. The van der Waals surface area contributed by atoms with Crippen LogP contribution in [0.15, 0.2) is 29.2 Å². The molecule has 0 aromatic heterocycles. The third kappa shape index (κ3) is 5.76. The van der Waals surface area contributed by atoms with E-state index in [1.54, 1.807) is 24.3 Å². The zero-order valence-electron chi connectivity index (χ0n) is 11.4. The summed E-state index contributed by atoms with van der Waals surface area (Å²) in [5.41, 5.74) is 5.43. The molecular formula is C13H16BrN3O3S. The van der Waals surface area contributed by atoms with Crippen molar-refractivity contribution in [2.75, 3.05) is 11.9 Å². The number of carbonyl (C=O) groups is 3. The van der Waals surface area contributed by atoms with E-state index in [-0.39, 0.29) is 5.24 Å². The van der Waals surface area contributed by atoms with Crippen LogP contribution in [-0.4, -0.2) is 35.0 Å². The van der Waals surface area contributed by atoms with Gasteiger partial charge in [0.2, 0.25) is 5.91 Å². The summed E-state index contributed by atoms with van der Waals surface area (Å²) in [4.78, 5) is 35.3. The lowest BCUT2D eigenvalue weighted by Crippen LogP contribution is -2.42. The van der Waals surface area contributed by atoms with E-state index in [0.29, 0.717) is 22.3 Å². The first-order valence-electron chi connectivity index (χ1n) is 6.16. The first kappa shape index (κ1) is 17.5. The van der Waals surface area contributed by atoms with Crippen molar-refractivity contribution < 1.29 is 14.4 Å². The molecule has 1 aromatic rings. The molecule has 0 saturated carbocycles. The van der Waals surface area contributed by atoms with Crippen LogP contribution < -0.4 is 16.4 Å². The van der Waals surface area contributed by atoms with Gasteiger partial charge < -0.3 is 16.4 Å². The van der Waals surface area contributed by atoms with Crippen molar-refractivity contribution >= 4 is 44.7 Å². The van der Waals surface area contributed by atoms with E-state index < -0.39 is 17.9 Å². The van der Waals surface area contributed by atoms with E-state index in [1.165, 1.54) is 6.92 Å². The minimum atomic E-state index is -0.780. The van der Waals surface area contributed by atoms with Crippen molar-refractivity contribution in [1.82, 2.24) is 10.6 Å². The molecule has 21 heavy (non-hydrogen) atoms. The Morgan fingerprint density at radius 2 is 2.00 bits per heavy atom. The second-order valence-corrected chi connectivity index (χ2v) is 5.91. The van der Waals surface area contributed by atoms with Gasteiger partial charge in [0.1, 0.15) is 6.04 Å². The van der Waals surface area contributed by atoms with Crippen molar-refractivity contribution in [2.45, 2.75) is 17.9 Å². The number of halogens is 1. The Hall–Kier alpha value is -1.54. The lowest BCUT2D eigenvalue weighted by Gasteiger charge is -2.12. The minimum absolute atomic E-state index is 0.252. The van der Waals surface area contributed by atoms with Gasteiger partial charge in [-0.2, -0.15) is 0 Å². The Bertz CT molecular complexity index is 539. The number of benzene rings is 1. The van der Waals surface area contributed by atoms with Gasteiger partial charge in [-0.1, -0.05) is 28.1 Å². The van der Waals surface area contributed by atoms with Crippen molar-refractivity contribution in [3.63, 3.8) is 0 Å². The number of rotatable bonds is 6. The van der Waals surface area contributed by atoms with Gasteiger partial charge in [0.15, 0.2) is 0 Å². The predicted molar refractivity (Wildman–Crippen MR) is 85.6 cm³/mol. The topological polar surface area (TPSA) is 101 Å². The first-order chi connectivity index (χ1) is 9.95. The van der Waals surface area contributed by atoms with Gasteiger partial charge in [-0.05, 0) is 30.8 Å². The van der Waals surface area contributed by atoms with Crippen LogP contribution in [-0.2, 0) is 4.79 Å². The Kier molecular flexibility index (Phi) is 7.24. The van der Waals surface area contributed by atoms with Crippen molar-refractivity contribution in [3.8, 4) is 0 Å². The fraction of sp³-hybridized carbons (Fsp3) is 0.308. The second-order valence-electron chi connectivity index (χ2n) is 4.10. The Morgan fingerprint density at radius 3 is 2.62 bits per heavy atom. The van der Waals surface area contributed by atoms with Crippen LogP contribution in [0.1, 0.15) is 17.3 Å². The number of carbonyl (C=O) groups excluding carboxylic acids is 3. The SMILES string of the molecule is C[C@@H](NC(=O)c1ccccc1SC(=O)NCCBr)C(N)=O. The van der Waals surface area contributed by atoms with Gasteiger partial charge in [0.25, 0.3) is 11.1 Å². The molecule has 0 aliphatic rings. The van der Waals surface area contributed by atoms with E-state index in [1.807, 2.05) is 0 Å². The van der Waals surface area contributed by atoms with Gasteiger partial charge in [-0.15, -0.1) is 0 Å². The number of thioether (sulfide) groups is 1. The molecule has 1 aromatic carbocycles. The molecule has 0 radical (unpaired) electrons. The second kappa shape index (κ2) is 8.68. The van der Waals surface area contributed by atoms with Gasteiger partial charge in [0, 0.05) is 16.8 Å². The fourth-order valence-electron chi connectivity index (χ4n) is 1.37. The fourth-order valence-corrected chi connectivity index (χ4v) is 2.36. The Balaban J connectivity index is 2.81. The third-order valence-electron chi connectivity index (χ3n) is 2.47. The van der Waals surface area contributed by atoms with E-state index in [0.717, 1.165) is 11.8 Å².